The van der Waals surface area contributed by atoms with E-state index in [9.17, 15) is 4.79 Å². The van der Waals surface area contributed by atoms with Crippen LogP contribution in [0.4, 0.5) is 5.69 Å². The first kappa shape index (κ1) is 15.8. The molecule has 2 aromatic rings. The summed E-state index contributed by atoms with van der Waals surface area (Å²) in [6.45, 7) is 4.68. The fourth-order valence-corrected chi connectivity index (χ4v) is 3.99. The van der Waals surface area contributed by atoms with Crippen LogP contribution in [0.1, 0.15) is 23.5 Å². The van der Waals surface area contributed by atoms with Gasteiger partial charge in [0.2, 0.25) is 0 Å². The maximum absolute atomic E-state index is 12.7. The second kappa shape index (κ2) is 6.46. The van der Waals surface area contributed by atoms with Crippen molar-refractivity contribution >= 4 is 48.9 Å². The maximum atomic E-state index is 12.7. The van der Waals surface area contributed by atoms with Crippen molar-refractivity contribution in [1.29, 1.82) is 5.26 Å². The number of nitriles is 1. The summed E-state index contributed by atoms with van der Waals surface area (Å²) in [6.07, 6.45) is 0. The van der Waals surface area contributed by atoms with E-state index in [1.54, 1.807) is 11.8 Å². The number of nitrogens with zero attached hydrogens (tertiary/aromatic N) is 2. The van der Waals surface area contributed by atoms with Gasteiger partial charge in [-0.3, -0.25) is 4.79 Å². The number of fused-ring (bicyclic) bond motifs is 1. The average molecular weight is 366 g/mol. The number of carbonyl (C=O) groups excluding carboxylic acids is 1. The number of nitrogen functional groups attached to an aromatic ring is 1. The molecule has 0 radical (unpaired) electrons. The van der Waals surface area contributed by atoms with Crippen molar-refractivity contribution in [2.75, 3.05) is 18.8 Å². The highest BCUT2D eigenvalue weighted by Gasteiger charge is 2.23. The number of rotatable bonds is 4. The highest BCUT2D eigenvalue weighted by Crippen LogP contribution is 2.38. The number of hydrogen-bond acceptors (Lipinski definition) is 4. The molecule has 1 aromatic heterocycles. The molecule has 0 fully saturated rings. The van der Waals surface area contributed by atoms with Gasteiger partial charge in [0.05, 0.1) is 17.7 Å². The predicted molar refractivity (Wildman–Crippen MR) is 90.3 cm³/mol. The van der Waals surface area contributed by atoms with Crippen molar-refractivity contribution in [2.24, 2.45) is 5.92 Å². The van der Waals surface area contributed by atoms with E-state index < -0.39 is 0 Å². The highest BCUT2D eigenvalue weighted by molar-refractivity contribution is 9.10. The van der Waals surface area contributed by atoms with E-state index in [0.717, 1.165) is 14.6 Å². The molecule has 0 saturated heterocycles. The van der Waals surface area contributed by atoms with Crippen LogP contribution in [0, 0.1) is 17.2 Å². The molecule has 0 aliphatic heterocycles. The Morgan fingerprint density at radius 3 is 2.86 bits per heavy atom. The zero-order chi connectivity index (χ0) is 15.6. The van der Waals surface area contributed by atoms with Crippen molar-refractivity contribution in [3.8, 4) is 6.07 Å². The molecule has 1 heterocycles. The molecule has 0 spiro atoms. The number of carbonyl (C=O) groups is 1. The second-order valence-electron chi connectivity index (χ2n) is 4.83. The molecule has 1 unspecified atom stereocenters. The molecule has 2 rings (SSSR count). The molecular weight excluding hydrogens is 350 g/mol. The Morgan fingerprint density at radius 2 is 2.29 bits per heavy atom. The normalized spacial score (nSPS) is 12.1. The standard InChI is InChI=1S/C15H16BrN3OS/c1-3-19(8-9(2)7-17)15(20)14-13(18)12-10(16)5-4-6-11(12)21-14/h4-6,9H,3,8,18H2,1-2H3. The van der Waals surface area contributed by atoms with Crippen LogP contribution >= 0.6 is 27.3 Å². The zero-order valence-electron chi connectivity index (χ0n) is 11.9. The second-order valence-corrected chi connectivity index (χ2v) is 6.74. The monoisotopic (exact) mass is 365 g/mol. The fraction of sp³-hybridized carbons (Fsp3) is 0.333. The van der Waals surface area contributed by atoms with Crippen molar-refractivity contribution in [1.82, 2.24) is 4.90 Å². The smallest absolute Gasteiger partial charge is 0.266 e. The van der Waals surface area contributed by atoms with Crippen molar-refractivity contribution in [3.05, 3.63) is 27.5 Å². The summed E-state index contributed by atoms with van der Waals surface area (Å²) in [5.74, 6) is -0.304. The first-order chi connectivity index (χ1) is 9.99. The molecule has 110 valence electrons. The Morgan fingerprint density at radius 1 is 1.57 bits per heavy atom. The summed E-state index contributed by atoms with van der Waals surface area (Å²) < 4.78 is 1.87. The van der Waals surface area contributed by atoms with Gasteiger partial charge in [0.15, 0.2) is 0 Å². The molecular formula is C15H16BrN3OS. The van der Waals surface area contributed by atoms with Crippen LogP contribution in [0.25, 0.3) is 10.1 Å². The van der Waals surface area contributed by atoms with Crippen LogP contribution in [0.3, 0.4) is 0 Å². The zero-order valence-corrected chi connectivity index (χ0v) is 14.3. The van der Waals surface area contributed by atoms with Gasteiger partial charge in [-0.05, 0) is 26.0 Å². The van der Waals surface area contributed by atoms with Gasteiger partial charge in [-0.1, -0.05) is 22.0 Å². The van der Waals surface area contributed by atoms with E-state index >= 15 is 0 Å². The van der Waals surface area contributed by atoms with Crippen molar-refractivity contribution < 1.29 is 4.79 Å². The minimum Gasteiger partial charge on any atom is -0.397 e. The first-order valence-corrected chi connectivity index (χ1v) is 8.25. The molecule has 0 bridgehead atoms. The van der Waals surface area contributed by atoms with Gasteiger partial charge in [0.1, 0.15) is 4.88 Å². The number of halogens is 1. The van der Waals surface area contributed by atoms with Crippen LogP contribution in [0.15, 0.2) is 22.7 Å². The van der Waals surface area contributed by atoms with E-state index in [2.05, 4.69) is 22.0 Å². The van der Waals surface area contributed by atoms with Gasteiger partial charge >= 0.3 is 0 Å². The lowest BCUT2D eigenvalue weighted by atomic mass is 10.2. The van der Waals surface area contributed by atoms with Gasteiger partial charge in [0.25, 0.3) is 5.91 Å². The average Bonchev–Trinajstić information content (AvgIpc) is 2.82. The first-order valence-electron chi connectivity index (χ1n) is 6.65. The Balaban J connectivity index is 2.41. The fourth-order valence-electron chi connectivity index (χ4n) is 2.16. The lowest BCUT2D eigenvalue weighted by Gasteiger charge is -2.21. The summed E-state index contributed by atoms with van der Waals surface area (Å²) in [5, 5.41) is 9.81. The molecule has 2 N–H and O–H groups in total. The lowest BCUT2D eigenvalue weighted by Crippen LogP contribution is -2.34. The Labute approximate surface area is 136 Å². The molecule has 6 heteroatoms. The van der Waals surface area contributed by atoms with E-state index in [1.165, 1.54) is 11.3 Å². The third-order valence-corrected chi connectivity index (χ3v) is 5.10. The minimum absolute atomic E-state index is 0.106. The molecule has 0 saturated carbocycles. The predicted octanol–water partition coefficient (Wildman–Crippen LogP) is 3.87. The van der Waals surface area contributed by atoms with Crippen molar-refractivity contribution in [3.63, 3.8) is 0 Å². The molecule has 0 aliphatic carbocycles. The Hall–Kier alpha value is -1.58. The largest absolute Gasteiger partial charge is 0.397 e. The van der Waals surface area contributed by atoms with Crippen LogP contribution in [0.2, 0.25) is 0 Å². The summed E-state index contributed by atoms with van der Waals surface area (Å²) >= 11 is 4.87. The number of nitrogens with two attached hydrogens (primary N) is 1. The summed E-state index contributed by atoms with van der Waals surface area (Å²) in [6, 6.07) is 7.94. The summed E-state index contributed by atoms with van der Waals surface area (Å²) in [7, 11) is 0. The van der Waals surface area contributed by atoms with E-state index in [4.69, 9.17) is 11.0 Å². The Kier molecular flexibility index (Phi) is 4.86. The summed E-state index contributed by atoms with van der Waals surface area (Å²) in [4.78, 5) is 14.9. The lowest BCUT2D eigenvalue weighted by molar-refractivity contribution is 0.0758. The Bertz CT molecular complexity index is 720. The molecule has 21 heavy (non-hydrogen) atoms. The van der Waals surface area contributed by atoms with Crippen LogP contribution < -0.4 is 5.73 Å². The maximum Gasteiger partial charge on any atom is 0.266 e. The van der Waals surface area contributed by atoms with Crippen LogP contribution in [-0.4, -0.2) is 23.9 Å². The molecule has 1 aromatic carbocycles. The van der Waals surface area contributed by atoms with Crippen LogP contribution in [0.5, 0.6) is 0 Å². The third-order valence-electron chi connectivity index (χ3n) is 3.28. The number of thiophene rings is 1. The quantitative estimate of drug-likeness (QED) is 0.893. The van der Waals surface area contributed by atoms with Crippen LogP contribution in [-0.2, 0) is 0 Å². The molecule has 1 atom stereocenters. The van der Waals surface area contributed by atoms with Gasteiger partial charge < -0.3 is 10.6 Å². The minimum atomic E-state index is -0.198. The number of anilines is 1. The van der Waals surface area contributed by atoms with E-state index in [0.29, 0.717) is 23.7 Å². The highest BCUT2D eigenvalue weighted by atomic mass is 79.9. The third kappa shape index (κ3) is 3.04. The van der Waals surface area contributed by atoms with Gasteiger partial charge in [-0.25, -0.2) is 0 Å². The van der Waals surface area contributed by atoms with E-state index in [1.807, 2.05) is 25.1 Å². The molecule has 0 aliphatic rings. The summed E-state index contributed by atoms with van der Waals surface area (Å²) in [5.41, 5.74) is 6.67. The number of hydrogen-bond donors (Lipinski definition) is 1. The SMILES string of the molecule is CCN(CC(C)C#N)C(=O)c1sc2cccc(Br)c2c1N. The van der Waals surface area contributed by atoms with Crippen molar-refractivity contribution in [2.45, 2.75) is 13.8 Å². The molecule has 4 nitrogen and oxygen atoms in total. The molecule has 1 amide bonds. The number of benzene rings is 1. The number of amides is 1. The van der Waals surface area contributed by atoms with Gasteiger partial charge in [0, 0.05) is 27.6 Å². The van der Waals surface area contributed by atoms with Gasteiger partial charge in [-0.2, -0.15) is 5.26 Å². The van der Waals surface area contributed by atoms with E-state index in [-0.39, 0.29) is 11.8 Å². The van der Waals surface area contributed by atoms with Gasteiger partial charge in [-0.15, -0.1) is 11.3 Å². The topological polar surface area (TPSA) is 70.1 Å².